The van der Waals surface area contributed by atoms with E-state index < -0.39 is 11.5 Å². The third-order valence-electron chi connectivity index (χ3n) is 4.91. The van der Waals surface area contributed by atoms with Crippen LogP contribution < -0.4 is 10.9 Å². The summed E-state index contributed by atoms with van der Waals surface area (Å²) in [5, 5.41) is 2.90. The number of nitrogens with one attached hydrogen (secondary N) is 1. The van der Waals surface area contributed by atoms with E-state index in [1.807, 2.05) is 31.2 Å². The van der Waals surface area contributed by atoms with Crippen molar-refractivity contribution in [3.05, 3.63) is 63.4 Å². The van der Waals surface area contributed by atoms with Crippen molar-refractivity contribution in [2.45, 2.75) is 46.7 Å². The smallest absolute Gasteiger partial charge is 0.342 e. The molecule has 0 aliphatic rings. The van der Waals surface area contributed by atoms with Gasteiger partial charge in [0.1, 0.15) is 29.6 Å². The van der Waals surface area contributed by atoms with Gasteiger partial charge < -0.3 is 14.5 Å². The SMILES string of the molecule is CCOC(=O)c1c(C)oc2ncn(CC(=O)N[C@@H](C)c3ccc(CC)cc3)c(=O)c12. The van der Waals surface area contributed by atoms with Crippen molar-refractivity contribution in [2.75, 3.05) is 6.61 Å². The lowest BCUT2D eigenvalue weighted by atomic mass is 10.1. The van der Waals surface area contributed by atoms with E-state index in [-0.39, 0.29) is 47.5 Å². The lowest BCUT2D eigenvalue weighted by Gasteiger charge is -2.15. The minimum atomic E-state index is -0.654. The molecule has 0 spiro atoms. The fourth-order valence-electron chi connectivity index (χ4n) is 3.27. The highest BCUT2D eigenvalue weighted by molar-refractivity contribution is 6.03. The molecule has 2 heterocycles. The number of aromatic nitrogens is 2. The van der Waals surface area contributed by atoms with Gasteiger partial charge in [-0.05, 0) is 38.3 Å². The van der Waals surface area contributed by atoms with Crippen molar-refractivity contribution >= 4 is 23.0 Å². The molecule has 8 nitrogen and oxygen atoms in total. The van der Waals surface area contributed by atoms with E-state index in [2.05, 4.69) is 17.2 Å². The number of rotatable bonds is 7. The Labute approximate surface area is 173 Å². The first-order chi connectivity index (χ1) is 14.3. The lowest BCUT2D eigenvalue weighted by Crippen LogP contribution is -2.34. The Kier molecular flexibility index (Phi) is 6.34. The van der Waals surface area contributed by atoms with Gasteiger partial charge in [-0.2, -0.15) is 0 Å². The second kappa shape index (κ2) is 8.94. The Hall–Kier alpha value is -3.42. The Balaban J connectivity index is 1.82. The van der Waals surface area contributed by atoms with Gasteiger partial charge in [0, 0.05) is 0 Å². The van der Waals surface area contributed by atoms with Gasteiger partial charge in [0.05, 0.1) is 12.6 Å². The minimum Gasteiger partial charge on any atom is -0.462 e. The molecule has 30 heavy (non-hydrogen) atoms. The van der Waals surface area contributed by atoms with Gasteiger partial charge in [0.15, 0.2) is 0 Å². The summed E-state index contributed by atoms with van der Waals surface area (Å²) < 4.78 is 11.6. The van der Waals surface area contributed by atoms with Crippen LogP contribution in [0.25, 0.3) is 11.1 Å². The first kappa shape index (κ1) is 21.3. The molecular formula is C22H25N3O5. The van der Waals surface area contributed by atoms with Crippen molar-refractivity contribution in [1.82, 2.24) is 14.9 Å². The number of amides is 1. The van der Waals surface area contributed by atoms with E-state index in [9.17, 15) is 14.4 Å². The molecule has 0 bridgehead atoms. The first-order valence-electron chi connectivity index (χ1n) is 9.89. The van der Waals surface area contributed by atoms with E-state index in [0.29, 0.717) is 0 Å². The van der Waals surface area contributed by atoms with Gasteiger partial charge in [-0.3, -0.25) is 14.2 Å². The van der Waals surface area contributed by atoms with E-state index >= 15 is 0 Å². The highest BCUT2D eigenvalue weighted by atomic mass is 16.5. The summed E-state index contributed by atoms with van der Waals surface area (Å²) in [4.78, 5) is 41.7. The Bertz CT molecular complexity index is 1130. The lowest BCUT2D eigenvalue weighted by molar-refractivity contribution is -0.122. The number of benzene rings is 1. The summed E-state index contributed by atoms with van der Waals surface area (Å²) in [5.74, 6) is -0.749. The van der Waals surface area contributed by atoms with Crippen LogP contribution in [0.1, 0.15) is 54.1 Å². The van der Waals surface area contributed by atoms with Crippen LogP contribution in [0.4, 0.5) is 0 Å². The second-order valence-corrected chi connectivity index (χ2v) is 7.00. The number of furan rings is 1. The highest BCUT2D eigenvalue weighted by Crippen LogP contribution is 2.21. The molecule has 3 rings (SSSR count). The number of aryl methyl sites for hydroxylation is 2. The fraction of sp³-hybridized carbons (Fsp3) is 0.364. The topological polar surface area (TPSA) is 103 Å². The predicted octanol–water partition coefficient (Wildman–Crippen LogP) is 2.91. The van der Waals surface area contributed by atoms with Gasteiger partial charge >= 0.3 is 5.97 Å². The molecule has 0 unspecified atom stereocenters. The van der Waals surface area contributed by atoms with Crippen LogP contribution >= 0.6 is 0 Å². The molecule has 0 fully saturated rings. The Morgan fingerprint density at radius 2 is 1.93 bits per heavy atom. The number of ether oxygens (including phenoxy) is 1. The van der Waals surface area contributed by atoms with Crippen LogP contribution in [0.3, 0.4) is 0 Å². The average Bonchev–Trinajstić information content (AvgIpc) is 3.07. The number of nitrogens with zero attached hydrogens (tertiary/aromatic N) is 2. The van der Waals surface area contributed by atoms with E-state index in [1.54, 1.807) is 13.8 Å². The zero-order valence-electron chi connectivity index (χ0n) is 17.5. The van der Waals surface area contributed by atoms with Crippen molar-refractivity contribution in [2.24, 2.45) is 0 Å². The van der Waals surface area contributed by atoms with Crippen LogP contribution in [-0.4, -0.2) is 28.0 Å². The third kappa shape index (κ3) is 4.27. The van der Waals surface area contributed by atoms with Crippen molar-refractivity contribution < 1.29 is 18.7 Å². The molecule has 1 aromatic carbocycles. The molecule has 1 N–H and O–H groups in total. The second-order valence-electron chi connectivity index (χ2n) is 7.00. The van der Waals surface area contributed by atoms with E-state index in [1.165, 1.54) is 11.9 Å². The molecule has 0 saturated heterocycles. The van der Waals surface area contributed by atoms with Gasteiger partial charge in [-0.15, -0.1) is 0 Å². The van der Waals surface area contributed by atoms with Gasteiger partial charge in [-0.1, -0.05) is 31.2 Å². The van der Waals surface area contributed by atoms with Crippen LogP contribution in [0.5, 0.6) is 0 Å². The van der Waals surface area contributed by atoms with Crippen LogP contribution in [-0.2, 0) is 22.5 Å². The van der Waals surface area contributed by atoms with Crippen molar-refractivity contribution in [1.29, 1.82) is 0 Å². The molecule has 158 valence electrons. The average molecular weight is 411 g/mol. The zero-order valence-corrected chi connectivity index (χ0v) is 17.5. The summed E-state index contributed by atoms with van der Waals surface area (Å²) in [7, 11) is 0. The molecule has 1 atom stereocenters. The quantitative estimate of drug-likeness (QED) is 0.600. The molecule has 2 aromatic heterocycles. The van der Waals surface area contributed by atoms with Crippen LogP contribution in [0.2, 0.25) is 0 Å². The number of hydrogen-bond acceptors (Lipinski definition) is 6. The molecule has 8 heteroatoms. The van der Waals surface area contributed by atoms with Gasteiger partial charge in [0.25, 0.3) is 5.56 Å². The largest absolute Gasteiger partial charge is 0.462 e. The van der Waals surface area contributed by atoms with Crippen molar-refractivity contribution in [3.8, 4) is 0 Å². The third-order valence-corrected chi connectivity index (χ3v) is 4.91. The van der Waals surface area contributed by atoms with Gasteiger partial charge in [0.2, 0.25) is 11.6 Å². The number of hydrogen-bond donors (Lipinski definition) is 1. The molecule has 0 aliphatic carbocycles. The summed E-state index contributed by atoms with van der Waals surface area (Å²) in [6.45, 7) is 7.13. The number of carbonyl (C=O) groups excluding carboxylic acids is 2. The summed E-state index contributed by atoms with van der Waals surface area (Å²) in [5.41, 5.74) is 1.74. The fourth-order valence-corrected chi connectivity index (χ4v) is 3.27. The molecule has 0 aliphatic heterocycles. The van der Waals surface area contributed by atoms with E-state index in [0.717, 1.165) is 16.6 Å². The van der Waals surface area contributed by atoms with Gasteiger partial charge in [-0.25, -0.2) is 9.78 Å². The Morgan fingerprint density at radius 1 is 1.23 bits per heavy atom. The number of fused-ring (bicyclic) bond motifs is 1. The molecule has 3 aromatic rings. The maximum atomic E-state index is 12.9. The molecule has 0 saturated carbocycles. The van der Waals surface area contributed by atoms with Crippen LogP contribution in [0, 0.1) is 6.92 Å². The summed E-state index contributed by atoms with van der Waals surface area (Å²) in [6.07, 6.45) is 2.18. The maximum Gasteiger partial charge on any atom is 0.342 e. The zero-order chi connectivity index (χ0) is 21.8. The van der Waals surface area contributed by atoms with Crippen molar-refractivity contribution in [3.63, 3.8) is 0 Å². The standard InChI is InChI=1S/C22H25N3O5/c1-5-15-7-9-16(10-8-15)13(3)24-17(26)11-25-12-23-20-19(21(25)27)18(14(4)30-20)22(28)29-6-2/h7-10,12-13H,5-6,11H2,1-4H3,(H,24,26)/t13-/m0/s1. The normalized spacial score (nSPS) is 12.0. The molecular weight excluding hydrogens is 386 g/mol. The molecule has 1 amide bonds. The van der Waals surface area contributed by atoms with Crippen LogP contribution in [0.15, 0.2) is 39.8 Å². The summed E-state index contributed by atoms with van der Waals surface area (Å²) >= 11 is 0. The predicted molar refractivity (Wildman–Crippen MR) is 111 cm³/mol. The van der Waals surface area contributed by atoms with E-state index in [4.69, 9.17) is 9.15 Å². The Morgan fingerprint density at radius 3 is 2.57 bits per heavy atom. The first-order valence-corrected chi connectivity index (χ1v) is 9.89. The number of carbonyl (C=O) groups is 2. The highest BCUT2D eigenvalue weighted by Gasteiger charge is 2.24. The number of esters is 1. The monoisotopic (exact) mass is 411 g/mol. The maximum absolute atomic E-state index is 12.9. The minimum absolute atomic E-state index is 0.0180. The molecule has 0 radical (unpaired) electrons. The summed E-state index contributed by atoms with van der Waals surface area (Å²) in [6, 6.07) is 7.78.